The van der Waals surface area contributed by atoms with Crippen molar-refractivity contribution in [1.82, 2.24) is 10.2 Å². The van der Waals surface area contributed by atoms with E-state index >= 15 is 0 Å². The Morgan fingerprint density at radius 2 is 2.14 bits per heavy atom. The number of amides is 1. The summed E-state index contributed by atoms with van der Waals surface area (Å²) >= 11 is 0. The Morgan fingerprint density at radius 3 is 2.76 bits per heavy atom. The first-order valence-electron chi connectivity index (χ1n) is 7.68. The lowest BCUT2D eigenvalue weighted by Gasteiger charge is -2.32. The molecule has 1 saturated heterocycles. The van der Waals surface area contributed by atoms with Crippen LogP contribution in [0.1, 0.15) is 43.0 Å². The van der Waals surface area contributed by atoms with Gasteiger partial charge in [0.05, 0.1) is 5.69 Å². The zero-order valence-electron chi connectivity index (χ0n) is 12.6. The van der Waals surface area contributed by atoms with E-state index in [-0.39, 0.29) is 17.6 Å². The molecule has 1 aromatic carbocycles. The maximum absolute atomic E-state index is 13.4. The predicted octanol–water partition coefficient (Wildman–Crippen LogP) is 2.40. The van der Waals surface area contributed by atoms with Crippen molar-refractivity contribution in [2.75, 3.05) is 25.4 Å². The number of nitrogens with zero attached hydrogens (tertiary/aromatic N) is 1. The maximum atomic E-state index is 13.4. The van der Waals surface area contributed by atoms with Gasteiger partial charge in [-0.1, -0.05) is 13.3 Å². The van der Waals surface area contributed by atoms with Gasteiger partial charge in [-0.05, 0) is 44.0 Å². The van der Waals surface area contributed by atoms with E-state index in [1.54, 1.807) is 6.07 Å². The van der Waals surface area contributed by atoms with Crippen LogP contribution >= 0.6 is 0 Å². The second kappa shape index (κ2) is 7.41. The summed E-state index contributed by atoms with van der Waals surface area (Å²) < 4.78 is 13.4. The van der Waals surface area contributed by atoms with E-state index in [1.165, 1.54) is 25.0 Å². The molecule has 1 heterocycles. The molecule has 5 heteroatoms. The molecule has 3 N–H and O–H groups in total. The molecule has 1 aromatic rings. The van der Waals surface area contributed by atoms with Gasteiger partial charge in [0.2, 0.25) is 0 Å². The fraction of sp³-hybridized carbons (Fsp3) is 0.562. The summed E-state index contributed by atoms with van der Waals surface area (Å²) in [5, 5.41) is 2.99. The highest BCUT2D eigenvalue weighted by Crippen LogP contribution is 2.14. The number of rotatable bonds is 5. The second-order valence-corrected chi connectivity index (χ2v) is 5.68. The quantitative estimate of drug-likeness (QED) is 0.820. The smallest absolute Gasteiger partial charge is 0.251 e. The van der Waals surface area contributed by atoms with Crippen LogP contribution in [0.15, 0.2) is 18.2 Å². The molecule has 2 rings (SSSR count). The molecular formula is C16H24FN3O. The number of likely N-dealkylation sites (tertiary alicyclic amines) is 1. The van der Waals surface area contributed by atoms with E-state index < -0.39 is 5.82 Å². The number of unbranched alkanes of at least 4 members (excludes halogenated alkanes) is 1. The van der Waals surface area contributed by atoms with Gasteiger partial charge in [0.25, 0.3) is 5.91 Å². The van der Waals surface area contributed by atoms with Gasteiger partial charge < -0.3 is 16.0 Å². The van der Waals surface area contributed by atoms with Gasteiger partial charge >= 0.3 is 0 Å². The minimum absolute atomic E-state index is 0.0655. The van der Waals surface area contributed by atoms with Gasteiger partial charge in [-0.15, -0.1) is 0 Å². The third-order valence-electron chi connectivity index (χ3n) is 4.01. The molecule has 0 unspecified atom stereocenters. The SMILES string of the molecule is CCCCN1CCC(NC(=O)c2ccc(N)c(F)c2)CC1. The van der Waals surface area contributed by atoms with Crippen molar-refractivity contribution in [1.29, 1.82) is 0 Å². The highest BCUT2D eigenvalue weighted by atomic mass is 19.1. The monoisotopic (exact) mass is 293 g/mol. The normalized spacial score (nSPS) is 16.9. The van der Waals surface area contributed by atoms with Crippen LogP contribution in [0.5, 0.6) is 0 Å². The zero-order valence-corrected chi connectivity index (χ0v) is 12.6. The molecule has 1 aliphatic heterocycles. The van der Waals surface area contributed by atoms with Crippen molar-refractivity contribution in [2.24, 2.45) is 0 Å². The lowest BCUT2D eigenvalue weighted by Crippen LogP contribution is -2.44. The summed E-state index contributed by atoms with van der Waals surface area (Å²) in [6.07, 6.45) is 4.33. The third kappa shape index (κ3) is 4.43. The van der Waals surface area contributed by atoms with Gasteiger partial charge in [0, 0.05) is 24.7 Å². The molecule has 0 atom stereocenters. The standard InChI is InChI=1S/C16H24FN3O/c1-2-3-8-20-9-6-13(7-10-20)19-16(21)12-4-5-15(18)14(17)11-12/h4-5,11,13H,2-3,6-10,18H2,1H3,(H,19,21). The number of piperidine rings is 1. The molecule has 116 valence electrons. The van der Waals surface area contributed by atoms with Crippen molar-refractivity contribution in [3.8, 4) is 0 Å². The van der Waals surface area contributed by atoms with Crippen LogP contribution < -0.4 is 11.1 Å². The van der Waals surface area contributed by atoms with Crippen LogP contribution in [0.4, 0.5) is 10.1 Å². The van der Waals surface area contributed by atoms with Crippen molar-refractivity contribution in [3.63, 3.8) is 0 Å². The summed E-state index contributed by atoms with van der Waals surface area (Å²) in [5.74, 6) is -0.766. The number of hydrogen-bond acceptors (Lipinski definition) is 3. The Balaban J connectivity index is 1.82. The average molecular weight is 293 g/mol. The highest BCUT2D eigenvalue weighted by molar-refractivity contribution is 5.94. The number of carbonyl (C=O) groups is 1. The molecule has 0 radical (unpaired) electrons. The van der Waals surface area contributed by atoms with Crippen LogP contribution in [0, 0.1) is 5.82 Å². The minimum atomic E-state index is -0.544. The van der Waals surface area contributed by atoms with E-state index in [4.69, 9.17) is 5.73 Å². The van der Waals surface area contributed by atoms with E-state index in [1.807, 2.05) is 0 Å². The van der Waals surface area contributed by atoms with Crippen LogP contribution in [0.2, 0.25) is 0 Å². The summed E-state index contributed by atoms with van der Waals surface area (Å²) in [5.41, 5.74) is 5.81. The molecule has 0 aliphatic carbocycles. The fourth-order valence-corrected chi connectivity index (χ4v) is 2.62. The van der Waals surface area contributed by atoms with E-state index in [2.05, 4.69) is 17.1 Å². The van der Waals surface area contributed by atoms with Crippen LogP contribution in [0.25, 0.3) is 0 Å². The van der Waals surface area contributed by atoms with E-state index in [9.17, 15) is 9.18 Å². The average Bonchev–Trinajstić information content (AvgIpc) is 2.49. The minimum Gasteiger partial charge on any atom is -0.396 e. The molecule has 1 aliphatic rings. The molecule has 1 fully saturated rings. The Kier molecular flexibility index (Phi) is 5.56. The summed E-state index contributed by atoms with van der Waals surface area (Å²) in [6.45, 7) is 5.36. The topological polar surface area (TPSA) is 58.4 Å². The molecular weight excluding hydrogens is 269 g/mol. The summed E-state index contributed by atoms with van der Waals surface area (Å²) in [4.78, 5) is 14.5. The molecule has 1 amide bonds. The van der Waals surface area contributed by atoms with Crippen molar-refractivity contribution < 1.29 is 9.18 Å². The number of nitrogens with two attached hydrogens (primary N) is 1. The Labute approximate surface area is 125 Å². The van der Waals surface area contributed by atoms with Gasteiger partial charge in [0.1, 0.15) is 5.82 Å². The van der Waals surface area contributed by atoms with Crippen molar-refractivity contribution in [2.45, 2.75) is 38.6 Å². The molecule has 21 heavy (non-hydrogen) atoms. The molecule has 4 nitrogen and oxygen atoms in total. The Hall–Kier alpha value is -1.62. The largest absolute Gasteiger partial charge is 0.396 e. The third-order valence-corrected chi connectivity index (χ3v) is 4.01. The second-order valence-electron chi connectivity index (χ2n) is 5.68. The number of halogens is 1. The van der Waals surface area contributed by atoms with Crippen LogP contribution in [-0.2, 0) is 0 Å². The van der Waals surface area contributed by atoms with Crippen LogP contribution in [-0.4, -0.2) is 36.5 Å². The van der Waals surface area contributed by atoms with Gasteiger partial charge in [-0.2, -0.15) is 0 Å². The number of anilines is 1. The molecule has 0 spiro atoms. The number of hydrogen-bond donors (Lipinski definition) is 2. The number of carbonyl (C=O) groups excluding carboxylic acids is 1. The first-order valence-corrected chi connectivity index (χ1v) is 7.68. The van der Waals surface area contributed by atoms with E-state index in [0.29, 0.717) is 5.56 Å². The first-order chi connectivity index (χ1) is 10.1. The summed E-state index contributed by atoms with van der Waals surface area (Å²) in [7, 11) is 0. The Morgan fingerprint density at radius 1 is 1.43 bits per heavy atom. The fourth-order valence-electron chi connectivity index (χ4n) is 2.62. The van der Waals surface area contributed by atoms with E-state index in [0.717, 1.165) is 32.5 Å². The van der Waals surface area contributed by atoms with Crippen molar-refractivity contribution in [3.05, 3.63) is 29.6 Å². The van der Waals surface area contributed by atoms with Crippen molar-refractivity contribution >= 4 is 11.6 Å². The molecule has 0 aromatic heterocycles. The maximum Gasteiger partial charge on any atom is 0.251 e. The van der Waals surface area contributed by atoms with Gasteiger partial charge in [0.15, 0.2) is 0 Å². The summed E-state index contributed by atoms with van der Waals surface area (Å²) in [6, 6.07) is 4.36. The molecule has 0 bridgehead atoms. The lowest BCUT2D eigenvalue weighted by molar-refractivity contribution is 0.0910. The van der Waals surface area contributed by atoms with Gasteiger partial charge in [-0.3, -0.25) is 4.79 Å². The predicted molar refractivity (Wildman–Crippen MR) is 82.6 cm³/mol. The van der Waals surface area contributed by atoms with Gasteiger partial charge in [-0.25, -0.2) is 4.39 Å². The van der Waals surface area contributed by atoms with Crippen LogP contribution in [0.3, 0.4) is 0 Å². The molecule has 0 saturated carbocycles. The number of benzene rings is 1. The highest BCUT2D eigenvalue weighted by Gasteiger charge is 2.21. The number of nitrogens with one attached hydrogen (secondary N) is 1. The number of nitrogen functional groups attached to an aromatic ring is 1. The zero-order chi connectivity index (χ0) is 15.2. The first kappa shape index (κ1) is 15.8. The Bertz CT molecular complexity index is 484. The lowest BCUT2D eigenvalue weighted by atomic mass is 10.0.